The lowest BCUT2D eigenvalue weighted by Gasteiger charge is -2.29. The van der Waals surface area contributed by atoms with E-state index in [0.717, 1.165) is 12.6 Å². The van der Waals surface area contributed by atoms with Crippen LogP contribution in [0.25, 0.3) is 0 Å². The third-order valence-electron chi connectivity index (χ3n) is 4.14. The minimum Gasteiger partial charge on any atom is -0.313 e. The second-order valence-corrected chi connectivity index (χ2v) is 5.38. The first kappa shape index (κ1) is 10.3. The van der Waals surface area contributed by atoms with Crippen LogP contribution in [0.15, 0.2) is 24.5 Å². The molecule has 1 aromatic heterocycles. The Morgan fingerprint density at radius 2 is 2.12 bits per heavy atom. The normalized spacial score (nSPS) is 23.5. The molecule has 16 heavy (non-hydrogen) atoms. The lowest BCUT2D eigenvalue weighted by molar-refractivity contribution is 0.402. The first-order chi connectivity index (χ1) is 7.89. The molecule has 0 spiro atoms. The summed E-state index contributed by atoms with van der Waals surface area (Å²) in [6, 6.07) is 5.15. The molecule has 0 aromatic carbocycles. The van der Waals surface area contributed by atoms with E-state index in [-0.39, 0.29) is 0 Å². The summed E-state index contributed by atoms with van der Waals surface area (Å²) in [5.41, 5.74) is 1.83. The fourth-order valence-corrected chi connectivity index (χ4v) is 2.92. The molecule has 2 aliphatic rings. The van der Waals surface area contributed by atoms with Crippen molar-refractivity contribution in [2.75, 3.05) is 6.54 Å². The maximum Gasteiger partial charge on any atom is 0.0306 e. The summed E-state index contributed by atoms with van der Waals surface area (Å²) >= 11 is 0. The quantitative estimate of drug-likeness (QED) is 0.837. The van der Waals surface area contributed by atoms with Crippen LogP contribution in [0.5, 0.6) is 0 Å². The van der Waals surface area contributed by atoms with Gasteiger partial charge in [0.1, 0.15) is 0 Å². The molecule has 2 fully saturated rings. The average Bonchev–Trinajstić information content (AvgIpc) is 3.06. The second kappa shape index (κ2) is 4.17. The molecule has 0 atom stereocenters. The Morgan fingerprint density at radius 3 is 2.75 bits per heavy atom. The van der Waals surface area contributed by atoms with Gasteiger partial charge in [0.15, 0.2) is 0 Å². The summed E-state index contributed by atoms with van der Waals surface area (Å²) in [5, 5.41) is 3.71. The van der Waals surface area contributed by atoms with E-state index in [4.69, 9.17) is 0 Å². The van der Waals surface area contributed by atoms with Gasteiger partial charge in [-0.3, -0.25) is 4.98 Å². The molecule has 0 radical (unpaired) electrons. The van der Waals surface area contributed by atoms with Gasteiger partial charge >= 0.3 is 0 Å². The maximum absolute atomic E-state index is 4.29. The van der Waals surface area contributed by atoms with Crippen LogP contribution < -0.4 is 5.32 Å². The first-order valence-corrected chi connectivity index (χ1v) is 6.53. The average molecular weight is 216 g/mol. The zero-order chi connectivity index (χ0) is 10.8. The fraction of sp³-hybridized carbons (Fsp3) is 0.643. The zero-order valence-electron chi connectivity index (χ0n) is 9.78. The minimum absolute atomic E-state index is 0.386. The van der Waals surface area contributed by atoms with Crippen molar-refractivity contribution >= 4 is 0 Å². The smallest absolute Gasteiger partial charge is 0.0306 e. The van der Waals surface area contributed by atoms with Gasteiger partial charge in [-0.2, -0.15) is 0 Å². The molecule has 1 N–H and O–H groups in total. The van der Waals surface area contributed by atoms with E-state index >= 15 is 0 Å². The van der Waals surface area contributed by atoms with Gasteiger partial charge in [-0.1, -0.05) is 18.9 Å². The Bertz CT molecular complexity index is 337. The molecular formula is C14H20N2. The number of aromatic nitrogens is 1. The molecule has 1 heterocycles. The van der Waals surface area contributed by atoms with Crippen LogP contribution in [-0.2, 0) is 5.41 Å². The summed E-state index contributed by atoms with van der Waals surface area (Å²) in [6.07, 6.45) is 12.1. The molecule has 86 valence electrons. The summed E-state index contributed by atoms with van der Waals surface area (Å²) in [7, 11) is 0. The SMILES string of the molecule is c1cncc(C2(CNC3CC3)CCCC2)c1. The number of pyridine rings is 1. The van der Waals surface area contributed by atoms with E-state index in [2.05, 4.69) is 28.6 Å². The Labute approximate surface area is 97.5 Å². The molecular weight excluding hydrogens is 196 g/mol. The van der Waals surface area contributed by atoms with Gasteiger partial charge in [-0.05, 0) is 37.3 Å². The van der Waals surface area contributed by atoms with Crippen LogP contribution in [0.3, 0.4) is 0 Å². The van der Waals surface area contributed by atoms with Crippen LogP contribution in [0.4, 0.5) is 0 Å². The molecule has 0 unspecified atom stereocenters. The van der Waals surface area contributed by atoms with E-state index in [1.54, 1.807) is 0 Å². The van der Waals surface area contributed by atoms with Gasteiger partial charge in [0.2, 0.25) is 0 Å². The van der Waals surface area contributed by atoms with Crippen LogP contribution in [-0.4, -0.2) is 17.6 Å². The molecule has 3 rings (SSSR count). The highest BCUT2D eigenvalue weighted by Crippen LogP contribution is 2.40. The molecule has 0 aliphatic heterocycles. The van der Waals surface area contributed by atoms with Crippen LogP contribution in [0, 0.1) is 0 Å². The molecule has 2 heteroatoms. The van der Waals surface area contributed by atoms with Gasteiger partial charge in [0.25, 0.3) is 0 Å². The van der Waals surface area contributed by atoms with Gasteiger partial charge in [-0.25, -0.2) is 0 Å². The topological polar surface area (TPSA) is 24.9 Å². The third-order valence-corrected chi connectivity index (χ3v) is 4.14. The van der Waals surface area contributed by atoms with Crippen molar-refractivity contribution < 1.29 is 0 Å². The number of rotatable bonds is 4. The van der Waals surface area contributed by atoms with E-state index in [0.29, 0.717) is 5.41 Å². The maximum atomic E-state index is 4.29. The Kier molecular flexibility index (Phi) is 2.68. The van der Waals surface area contributed by atoms with Gasteiger partial charge in [-0.15, -0.1) is 0 Å². The lowest BCUT2D eigenvalue weighted by Crippen LogP contribution is -2.37. The predicted molar refractivity (Wildman–Crippen MR) is 65.4 cm³/mol. The molecule has 0 saturated heterocycles. The number of nitrogens with zero attached hydrogens (tertiary/aromatic N) is 1. The highest BCUT2D eigenvalue weighted by molar-refractivity contribution is 5.24. The number of hydrogen-bond acceptors (Lipinski definition) is 2. The molecule has 0 amide bonds. The van der Waals surface area contributed by atoms with E-state index in [1.807, 2.05) is 6.20 Å². The molecule has 1 aromatic rings. The van der Waals surface area contributed by atoms with Crippen LogP contribution in [0.1, 0.15) is 44.1 Å². The molecule has 2 aliphatic carbocycles. The third kappa shape index (κ3) is 1.99. The second-order valence-electron chi connectivity index (χ2n) is 5.38. The summed E-state index contributed by atoms with van der Waals surface area (Å²) in [4.78, 5) is 4.29. The Balaban J connectivity index is 1.78. The fourth-order valence-electron chi connectivity index (χ4n) is 2.92. The van der Waals surface area contributed by atoms with Crippen molar-refractivity contribution in [3.05, 3.63) is 30.1 Å². The first-order valence-electron chi connectivity index (χ1n) is 6.53. The van der Waals surface area contributed by atoms with Crippen molar-refractivity contribution in [1.82, 2.24) is 10.3 Å². The van der Waals surface area contributed by atoms with Crippen molar-refractivity contribution in [3.63, 3.8) is 0 Å². The standard InChI is InChI=1S/C14H20N2/c1-2-8-14(7-1,11-16-13-5-6-13)12-4-3-9-15-10-12/h3-4,9-10,13,16H,1-2,5-8,11H2. The van der Waals surface area contributed by atoms with E-state index in [9.17, 15) is 0 Å². The van der Waals surface area contributed by atoms with E-state index < -0.39 is 0 Å². The van der Waals surface area contributed by atoms with Gasteiger partial charge < -0.3 is 5.32 Å². The predicted octanol–water partition coefficient (Wildman–Crippen LogP) is 2.65. The molecule has 0 bridgehead atoms. The van der Waals surface area contributed by atoms with Crippen molar-refractivity contribution in [3.8, 4) is 0 Å². The van der Waals surface area contributed by atoms with Crippen LogP contribution >= 0.6 is 0 Å². The monoisotopic (exact) mass is 216 g/mol. The van der Waals surface area contributed by atoms with Gasteiger partial charge in [0.05, 0.1) is 0 Å². The largest absolute Gasteiger partial charge is 0.313 e. The molecule has 2 saturated carbocycles. The Morgan fingerprint density at radius 1 is 1.31 bits per heavy atom. The van der Waals surface area contributed by atoms with E-state index in [1.165, 1.54) is 44.1 Å². The van der Waals surface area contributed by atoms with Crippen molar-refractivity contribution in [2.45, 2.75) is 50.0 Å². The van der Waals surface area contributed by atoms with Crippen molar-refractivity contribution in [2.24, 2.45) is 0 Å². The highest BCUT2D eigenvalue weighted by Gasteiger charge is 2.37. The lowest BCUT2D eigenvalue weighted by atomic mass is 9.79. The van der Waals surface area contributed by atoms with Crippen LogP contribution in [0.2, 0.25) is 0 Å². The summed E-state index contributed by atoms with van der Waals surface area (Å²) in [5.74, 6) is 0. The number of hydrogen-bond donors (Lipinski definition) is 1. The zero-order valence-corrected chi connectivity index (χ0v) is 9.78. The number of nitrogens with one attached hydrogen (secondary N) is 1. The summed E-state index contributed by atoms with van der Waals surface area (Å²) < 4.78 is 0. The van der Waals surface area contributed by atoms with Gasteiger partial charge in [0, 0.05) is 30.4 Å². The minimum atomic E-state index is 0.386. The highest BCUT2D eigenvalue weighted by atomic mass is 15.0. The molecule has 2 nitrogen and oxygen atoms in total. The summed E-state index contributed by atoms with van der Waals surface area (Å²) in [6.45, 7) is 1.16. The van der Waals surface area contributed by atoms with Crippen molar-refractivity contribution in [1.29, 1.82) is 0 Å². The Hall–Kier alpha value is -0.890.